The smallest absolute Gasteiger partial charge is 0.234 e. The van der Waals surface area contributed by atoms with Crippen LogP contribution in [0.2, 0.25) is 0 Å². The molecule has 4 rings (SSSR count). The molecule has 1 aromatic heterocycles. The molecule has 2 aliphatic rings. The van der Waals surface area contributed by atoms with Gasteiger partial charge in [0.1, 0.15) is 0 Å². The highest BCUT2D eigenvalue weighted by atomic mass is 32.1. The number of guanidine groups is 1. The summed E-state index contributed by atoms with van der Waals surface area (Å²) >= 11 is 1.61. The Morgan fingerprint density at radius 2 is 2.03 bits per heavy atom. The van der Waals surface area contributed by atoms with E-state index < -0.39 is 5.54 Å². The van der Waals surface area contributed by atoms with Crippen molar-refractivity contribution >= 4 is 23.2 Å². The van der Waals surface area contributed by atoms with Crippen LogP contribution in [0.5, 0.6) is 0 Å². The molecule has 0 saturated carbocycles. The molecular weight excluding hydrogens is 406 g/mol. The molecule has 31 heavy (non-hydrogen) atoms. The number of benzene rings is 1. The lowest BCUT2D eigenvalue weighted by Gasteiger charge is -2.45. The second-order valence-electron chi connectivity index (χ2n) is 8.71. The van der Waals surface area contributed by atoms with E-state index in [1.54, 1.807) is 24.5 Å². The zero-order valence-corrected chi connectivity index (χ0v) is 19.0. The van der Waals surface area contributed by atoms with Crippen LogP contribution in [0.3, 0.4) is 0 Å². The minimum absolute atomic E-state index is 0.00434. The lowest BCUT2D eigenvalue weighted by molar-refractivity contribution is -0.136. The fourth-order valence-corrected chi connectivity index (χ4v) is 5.77. The van der Waals surface area contributed by atoms with Crippen LogP contribution in [0.1, 0.15) is 43.0 Å². The average Bonchev–Trinajstić information content (AvgIpc) is 3.29. The maximum atomic E-state index is 13.3. The lowest BCUT2D eigenvalue weighted by atomic mass is 9.78. The van der Waals surface area contributed by atoms with E-state index in [1.807, 2.05) is 18.2 Å². The van der Waals surface area contributed by atoms with E-state index in [-0.39, 0.29) is 17.8 Å². The summed E-state index contributed by atoms with van der Waals surface area (Å²) in [6.07, 6.45) is 4.52. The second-order valence-corrected chi connectivity index (χ2v) is 9.62. The van der Waals surface area contributed by atoms with Crippen molar-refractivity contribution < 1.29 is 4.79 Å². The Hall–Kier alpha value is -2.69. The molecule has 1 unspecified atom stereocenters. The van der Waals surface area contributed by atoms with Crippen LogP contribution in [0.4, 0.5) is 0 Å². The fraction of sp³-hybridized carbons (Fsp3) is 0.458. The minimum Gasteiger partial charge on any atom is -0.345 e. The van der Waals surface area contributed by atoms with E-state index in [4.69, 9.17) is 5.41 Å². The van der Waals surface area contributed by atoms with E-state index in [9.17, 15) is 10.1 Å². The predicted octanol–water partition coefficient (Wildman–Crippen LogP) is 3.99. The Kier molecular flexibility index (Phi) is 6.12. The van der Waals surface area contributed by atoms with E-state index >= 15 is 0 Å². The molecule has 3 heterocycles. The summed E-state index contributed by atoms with van der Waals surface area (Å²) in [5.41, 5.74) is 2.02. The Morgan fingerprint density at radius 1 is 1.26 bits per heavy atom. The molecule has 2 aromatic rings. The largest absolute Gasteiger partial charge is 0.345 e. The first-order valence-corrected chi connectivity index (χ1v) is 11.8. The van der Waals surface area contributed by atoms with Crippen LogP contribution in [0.25, 0.3) is 11.1 Å². The summed E-state index contributed by atoms with van der Waals surface area (Å²) in [4.78, 5) is 18.2. The first kappa shape index (κ1) is 21.5. The van der Waals surface area contributed by atoms with Gasteiger partial charge in [-0.3, -0.25) is 15.1 Å². The Labute approximate surface area is 188 Å². The van der Waals surface area contributed by atoms with Gasteiger partial charge in [-0.25, -0.2) is 0 Å². The van der Waals surface area contributed by atoms with E-state index in [0.29, 0.717) is 5.56 Å². The summed E-state index contributed by atoms with van der Waals surface area (Å²) in [5, 5.41) is 23.0. The van der Waals surface area contributed by atoms with Gasteiger partial charge in [-0.2, -0.15) is 5.26 Å². The molecule has 0 radical (unpaired) electrons. The van der Waals surface area contributed by atoms with Crippen molar-refractivity contribution in [2.24, 2.45) is 5.92 Å². The number of nitrogens with one attached hydrogen (secondary N) is 2. The average molecular weight is 436 g/mol. The first-order chi connectivity index (χ1) is 14.9. The number of carbonyl (C=O) groups is 1. The number of rotatable bonds is 5. The van der Waals surface area contributed by atoms with E-state index in [1.165, 1.54) is 24.2 Å². The number of likely N-dealkylation sites (tertiary alicyclic amines) is 1. The van der Waals surface area contributed by atoms with Crippen LogP contribution in [0, 0.1) is 22.7 Å². The standard InChI is InChI=1S/C24H29N5OS/c1-24(21-14-19(16-31-21)18-8-6-7-17(13-18)15-25)20(22(30)28(2)23(26)27-24)9-12-29-10-4-3-5-11-29/h6-8,13-14,16,20H,3-5,9-12H2,1-2H3,(H2,26,27)/t20?,24-/m0/s1. The fourth-order valence-electron chi connectivity index (χ4n) is 4.68. The van der Waals surface area contributed by atoms with Gasteiger partial charge in [0.2, 0.25) is 5.91 Å². The zero-order valence-electron chi connectivity index (χ0n) is 18.1. The van der Waals surface area contributed by atoms with Crippen LogP contribution < -0.4 is 5.32 Å². The van der Waals surface area contributed by atoms with Gasteiger partial charge in [0.15, 0.2) is 5.96 Å². The molecule has 2 N–H and O–H groups in total. The second kappa shape index (κ2) is 8.81. The van der Waals surface area contributed by atoms with Crippen LogP contribution in [-0.2, 0) is 10.3 Å². The Morgan fingerprint density at radius 3 is 2.77 bits per heavy atom. The van der Waals surface area contributed by atoms with Crippen molar-refractivity contribution in [3.8, 4) is 17.2 Å². The monoisotopic (exact) mass is 435 g/mol. The van der Waals surface area contributed by atoms with Gasteiger partial charge in [0.05, 0.1) is 23.1 Å². The first-order valence-electron chi connectivity index (χ1n) is 10.9. The molecule has 0 spiro atoms. The molecule has 2 aliphatic heterocycles. The number of amides is 1. The summed E-state index contributed by atoms with van der Waals surface area (Å²) < 4.78 is 0. The number of piperidine rings is 1. The highest BCUT2D eigenvalue weighted by molar-refractivity contribution is 7.10. The molecule has 2 atom stereocenters. The van der Waals surface area contributed by atoms with Gasteiger partial charge >= 0.3 is 0 Å². The van der Waals surface area contributed by atoms with E-state index in [2.05, 4.69) is 34.7 Å². The third-order valence-electron chi connectivity index (χ3n) is 6.66. The van der Waals surface area contributed by atoms with Gasteiger partial charge in [0.25, 0.3) is 0 Å². The van der Waals surface area contributed by atoms with Gasteiger partial charge in [-0.15, -0.1) is 11.3 Å². The minimum atomic E-state index is -0.633. The van der Waals surface area contributed by atoms with Crippen LogP contribution in [0.15, 0.2) is 35.7 Å². The van der Waals surface area contributed by atoms with Gasteiger partial charge < -0.3 is 10.2 Å². The van der Waals surface area contributed by atoms with Gasteiger partial charge in [0, 0.05) is 11.9 Å². The summed E-state index contributed by atoms with van der Waals surface area (Å²) in [6, 6.07) is 11.9. The van der Waals surface area contributed by atoms with Gasteiger partial charge in [-0.1, -0.05) is 18.6 Å². The molecule has 2 fully saturated rings. The van der Waals surface area contributed by atoms with Crippen molar-refractivity contribution in [1.29, 1.82) is 10.7 Å². The van der Waals surface area contributed by atoms with Crippen molar-refractivity contribution in [2.75, 3.05) is 26.7 Å². The van der Waals surface area contributed by atoms with Crippen LogP contribution in [-0.4, -0.2) is 48.3 Å². The topological polar surface area (TPSA) is 83.2 Å². The number of nitrogens with zero attached hydrogens (tertiary/aromatic N) is 3. The Bertz CT molecular complexity index is 1020. The summed E-state index contributed by atoms with van der Waals surface area (Å²) in [6.45, 7) is 5.16. The number of hydrogen-bond acceptors (Lipinski definition) is 5. The third-order valence-corrected chi connectivity index (χ3v) is 7.83. The molecule has 1 amide bonds. The highest BCUT2D eigenvalue weighted by Crippen LogP contribution is 2.41. The quantitative estimate of drug-likeness (QED) is 0.744. The summed E-state index contributed by atoms with van der Waals surface area (Å²) in [7, 11) is 1.68. The molecule has 0 bridgehead atoms. The molecule has 162 valence electrons. The maximum absolute atomic E-state index is 13.3. The number of nitriles is 1. The van der Waals surface area contributed by atoms with Crippen LogP contribution >= 0.6 is 11.3 Å². The predicted molar refractivity (Wildman–Crippen MR) is 124 cm³/mol. The molecular formula is C24H29N5OS. The number of carbonyl (C=O) groups excluding carboxylic acids is 1. The van der Waals surface area contributed by atoms with Gasteiger partial charge in [-0.05, 0) is 80.5 Å². The number of hydrogen-bond donors (Lipinski definition) is 2. The zero-order chi connectivity index (χ0) is 22.0. The third kappa shape index (κ3) is 4.23. The molecule has 2 saturated heterocycles. The van der Waals surface area contributed by atoms with Crippen molar-refractivity contribution in [3.63, 3.8) is 0 Å². The molecule has 7 heteroatoms. The highest BCUT2D eigenvalue weighted by Gasteiger charge is 2.48. The molecule has 6 nitrogen and oxygen atoms in total. The molecule has 1 aromatic carbocycles. The van der Waals surface area contributed by atoms with E-state index in [0.717, 1.165) is 42.1 Å². The van der Waals surface area contributed by atoms with Crippen molar-refractivity contribution in [1.82, 2.24) is 15.1 Å². The number of thiophene rings is 1. The summed E-state index contributed by atoms with van der Waals surface area (Å²) in [5.74, 6) is -0.0988. The molecule has 0 aliphatic carbocycles. The lowest BCUT2D eigenvalue weighted by Crippen LogP contribution is -2.63. The van der Waals surface area contributed by atoms with Crippen molar-refractivity contribution in [3.05, 3.63) is 46.2 Å². The van der Waals surface area contributed by atoms with Crippen molar-refractivity contribution in [2.45, 2.75) is 38.1 Å². The Balaban J connectivity index is 1.62. The maximum Gasteiger partial charge on any atom is 0.234 e. The normalized spacial score (nSPS) is 24.7. The SMILES string of the molecule is CN1C(=N)N[C@](C)(c2cc(-c3cccc(C#N)c3)cs2)C(CCN2CCCCC2)C1=O.